The number of hydrogen-bond acceptors (Lipinski definition) is 3. The minimum Gasteiger partial charge on any atom is -0.398 e. The van der Waals surface area contributed by atoms with Gasteiger partial charge >= 0.3 is 0 Å². The summed E-state index contributed by atoms with van der Waals surface area (Å²) in [4.78, 5) is 11.9. The molecule has 0 radical (unpaired) electrons. The van der Waals surface area contributed by atoms with Crippen molar-refractivity contribution in [1.82, 2.24) is 9.78 Å². The van der Waals surface area contributed by atoms with Gasteiger partial charge in [0, 0.05) is 24.5 Å². The predicted octanol–water partition coefficient (Wildman–Crippen LogP) is 1.37. The van der Waals surface area contributed by atoms with Gasteiger partial charge in [-0.25, -0.2) is 4.39 Å². The van der Waals surface area contributed by atoms with Crippen LogP contribution < -0.4 is 5.73 Å². The molecule has 1 heterocycles. The number of rotatable bonds is 2. The molecule has 0 amide bonds. The van der Waals surface area contributed by atoms with E-state index in [1.807, 2.05) is 0 Å². The molecular formula is C11H10FN3O. The summed E-state index contributed by atoms with van der Waals surface area (Å²) >= 11 is 0. The third-order valence-electron chi connectivity index (χ3n) is 2.23. The molecule has 0 aliphatic heterocycles. The van der Waals surface area contributed by atoms with Crippen molar-refractivity contribution < 1.29 is 9.18 Å². The molecule has 2 rings (SSSR count). The van der Waals surface area contributed by atoms with E-state index in [1.54, 1.807) is 13.2 Å². The number of aryl methyl sites for hydroxylation is 1. The fourth-order valence-corrected chi connectivity index (χ4v) is 1.42. The molecule has 0 unspecified atom stereocenters. The van der Waals surface area contributed by atoms with Gasteiger partial charge in [-0.2, -0.15) is 5.10 Å². The number of carbonyl (C=O) groups is 1. The summed E-state index contributed by atoms with van der Waals surface area (Å²) in [6.07, 6.45) is 2.99. The second-order valence-electron chi connectivity index (χ2n) is 3.46. The van der Waals surface area contributed by atoms with Gasteiger partial charge in [0.05, 0.1) is 11.8 Å². The molecule has 1 aromatic carbocycles. The Morgan fingerprint density at radius 3 is 2.88 bits per heavy atom. The molecule has 1 aromatic heterocycles. The van der Waals surface area contributed by atoms with E-state index in [0.29, 0.717) is 5.56 Å². The summed E-state index contributed by atoms with van der Waals surface area (Å²) in [7, 11) is 1.70. The van der Waals surface area contributed by atoms with Gasteiger partial charge < -0.3 is 5.73 Å². The van der Waals surface area contributed by atoms with Crippen LogP contribution in [0, 0.1) is 5.82 Å². The number of carbonyl (C=O) groups excluding carboxylic acids is 1. The SMILES string of the molecule is Cn1cc(C(=O)c2cc(F)ccc2N)cn1. The van der Waals surface area contributed by atoms with Crippen LogP contribution in [-0.2, 0) is 7.05 Å². The molecule has 0 bridgehead atoms. The number of halogens is 1. The predicted molar refractivity (Wildman–Crippen MR) is 57.5 cm³/mol. The zero-order valence-corrected chi connectivity index (χ0v) is 8.64. The maximum absolute atomic E-state index is 13.0. The lowest BCUT2D eigenvalue weighted by Gasteiger charge is -2.02. The third kappa shape index (κ3) is 1.79. The largest absolute Gasteiger partial charge is 0.398 e. The van der Waals surface area contributed by atoms with Crippen LogP contribution in [0.25, 0.3) is 0 Å². The molecular weight excluding hydrogens is 209 g/mol. The van der Waals surface area contributed by atoms with Crippen molar-refractivity contribution in [3.8, 4) is 0 Å². The van der Waals surface area contributed by atoms with Crippen molar-refractivity contribution in [3.63, 3.8) is 0 Å². The number of ketones is 1. The molecule has 0 aliphatic carbocycles. The molecule has 2 N–H and O–H groups in total. The molecule has 82 valence electrons. The van der Waals surface area contributed by atoms with Gasteiger partial charge in [-0.3, -0.25) is 9.48 Å². The minimum absolute atomic E-state index is 0.160. The second kappa shape index (κ2) is 3.77. The van der Waals surface area contributed by atoms with Crippen LogP contribution in [0.4, 0.5) is 10.1 Å². The topological polar surface area (TPSA) is 60.9 Å². The van der Waals surface area contributed by atoms with Gasteiger partial charge in [-0.15, -0.1) is 0 Å². The van der Waals surface area contributed by atoms with Crippen LogP contribution >= 0.6 is 0 Å². The summed E-state index contributed by atoms with van der Waals surface area (Å²) in [5, 5.41) is 3.88. The maximum atomic E-state index is 13.0. The number of benzene rings is 1. The quantitative estimate of drug-likeness (QED) is 0.613. The first-order valence-corrected chi connectivity index (χ1v) is 4.66. The van der Waals surface area contributed by atoms with Crippen LogP contribution in [0.15, 0.2) is 30.6 Å². The lowest BCUT2D eigenvalue weighted by molar-refractivity contribution is 0.103. The zero-order chi connectivity index (χ0) is 11.7. The summed E-state index contributed by atoms with van der Waals surface area (Å²) in [6.45, 7) is 0. The second-order valence-corrected chi connectivity index (χ2v) is 3.46. The Kier molecular flexibility index (Phi) is 2.44. The van der Waals surface area contributed by atoms with E-state index in [9.17, 15) is 9.18 Å². The molecule has 0 aliphatic rings. The molecule has 16 heavy (non-hydrogen) atoms. The van der Waals surface area contributed by atoms with Crippen molar-refractivity contribution in [2.75, 3.05) is 5.73 Å². The molecule has 0 fully saturated rings. The molecule has 0 spiro atoms. The maximum Gasteiger partial charge on any atom is 0.198 e. The summed E-state index contributed by atoms with van der Waals surface area (Å²) in [6, 6.07) is 3.72. The summed E-state index contributed by atoms with van der Waals surface area (Å²) in [5.41, 5.74) is 6.43. The molecule has 0 atom stereocenters. The van der Waals surface area contributed by atoms with E-state index in [1.165, 1.54) is 23.0 Å². The molecule has 5 heteroatoms. The van der Waals surface area contributed by atoms with E-state index in [2.05, 4.69) is 5.10 Å². The van der Waals surface area contributed by atoms with Crippen LogP contribution in [0.2, 0.25) is 0 Å². The minimum atomic E-state index is -0.485. The Morgan fingerprint density at radius 1 is 1.50 bits per heavy atom. The highest BCUT2D eigenvalue weighted by molar-refractivity contribution is 6.11. The number of anilines is 1. The first-order valence-electron chi connectivity index (χ1n) is 4.66. The van der Waals surface area contributed by atoms with Crippen LogP contribution in [-0.4, -0.2) is 15.6 Å². The van der Waals surface area contributed by atoms with E-state index in [0.717, 1.165) is 6.07 Å². The van der Waals surface area contributed by atoms with Crippen molar-refractivity contribution in [2.45, 2.75) is 0 Å². The Labute approximate surface area is 91.5 Å². The fraction of sp³-hybridized carbons (Fsp3) is 0.0909. The number of aromatic nitrogens is 2. The lowest BCUT2D eigenvalue weighted by atomic mass is 10.0. The highest BCUT2D eigenvalue weighted by atomic mass is 19.1. The molecule has 0 saturated carbocycles. The van der Waals surface area contributed by atoms with Gasteiger partial charge in [0.1, 0.15) is 5.82 Å². The number of nitrogens with two attached hydrogens (primary N) is 1. The Bertz CT molecular complexity index is 548. The van der Waals surface area contributed by atoms with Gasteiger partial charge in [-0.1, -0.05) is 0 Å². The lowest BCUT2D eigenvalue weighted by Crippen LogP contribution is -2.05. The number of nitrogens with zero attached hydrogens (tertiary/aromatic N) is 2. The zero-order valence-electron chi connectivity index (χ0n) is 8.64. The Hall–Kier alpha value is -2.17. The number of nitrogen functional groups attached to an aromatic ring is 1. The molecule has 4 nitrogen and oxygen atoms in total. The van der Waals surface area contributed by atoms with Crippen LogP contribution in [0.1, 0.15) is 15.9 Å². The van der Waals surface area contributed by atoms with Gasteiger partial charge in [0.2, 0.25) is 0 Å². The summed E-state index contributed by atoms with van der Waals surface area (Å²) < 4.78 is 14.5. The van der Waals surface area contributed by atoms with E-state index in [-0.39, 0.29) is 17.0 Å². The van der Waals surface area contributed by atoms with Crippen molar-refractivity contribution in [3.05, 3.63) is 47.5 Å². The smallest absolute Gasteiger partial charge is 0.198 e. The summed E-state index contributed by atoms with van der Waals surface area (Å²) in [5.74, 6) is -0.813. The van der Waals surface area contributed by atoms with E-state index in [4.69, 9.17) is 5.73 Å². The molecule has 0 saturated heterocycles. The van der Waals surface area contributed by atoms with E-state index >= 15 is 0 Å². The normalized spacial score (nSPS) is 10.4. The third-order valence-corrected chi connectivity index (χ3v) is 2.23. The van der Waals surface area contributed by atoms with Crippen molar-refractivity contribution in [1.29, 1.82) is 0 Å². The molecule has 2 aromatic rings. The van der Waals surface area contributed by atoms with Gasteiger partial charge in [-0.05, 0) is 18.2 Å². The van der Waals surface area contributed by atoms with E-state index < -0.39 is 5.82 Å². The van der Waals surface area contributed by atoms with Crippen molar-refractivity contribution >= 4 is 11.5 Å². The van der Waals surface area contributed by atoms with Crippen LogP contribution in [0.5, 0.6) is 0 Å². The highest BCUT2D eigenvalue weighted by Crippen LogP contribution is 2.17. The first kappa shape index (κ1) is 10.4. The average Bonchev–Trinajstić information content (AvgIpc) is 2.67. The number of hydrogen-bond donors (Lipinski definition) is 1. The Morgan fingerprint density at radius 2 is 2.25 bits per heavy atom. The monoisotopic (exact) mass is 219 g/mol. The highest BCUT2D eigenvalue weighted by Gasteiger charge is 2.14. The van der Waals surface area contributed by atoms with Crippen molar-refractivity contribution in [2.24, 2.45) is 7.05 Å². The standard InChI is InChI=1S/C11H10FN3O/c1-15-6-7(5-14-15)11(16)9-4-8(12)2-3-10(9)13/h2-6H,13H2,1H3. The first-order chi connectivity index (χ1) is 7.58. The average molecular weight is 219 g/mol. The Balaban J connectivity index is 2.45. The van der Waals surface area contributed by atoms with Gasteiger partial charge in [0.25, 0.3) is 0 Å². The van der Waals surface area contributed by atoms with Crippen LogP contribution in [0.3, 0.4) is 0 Å². The fourth-order valence-electron chi connectivity index (χ4n) is 1.42. The van der Waals surface area contributed by atoms with Gasteiger partial charge in [0.15, 0.2) is 5.78 Å².